The summed E-state index contributed by atoms with van der Waals surface area (Å²) in [5, 5.41) is 2.86. The molecule has 0 saturated heterocycles. The molecule has 1 saturated carbocycles. The minimum Gasteiger partial charge on any atom is -0.452 e. The summed E-state index contributed by atoms with van der Waals surface area (Å²) in [5.41, 5.74) is 3.47. The summed E-state index contributed by atoms with van der Waals surface area (Å²) >= 11 is 0. The molecule has 2 aliphatic rings. The lowest BCUT2D eigenvalue weighted by Gasteiger charge is -2.29. The van der Waals surface area contributed by atoms with Gasteiger partial charge in [-0.3, -0.25) is 19.3 Å². The zero-order valence-corrected chi connectivity index (χ0v) is 19.7. The Morgan fingerprint density at radius 2 is 1.59 bits per heavy atom. The molecular weight excluding hydrogens is 432 g/mol. The van der Waals surface area contributed by atoms with E-state index in [9.17, 15) is 19.2 Å². The Hall–Kier alpha value is -3.48. The Morgan fingerprint density at radius 1 is 0.941 bits per heavy atom. The molecule has 1 heterocycles. The van der Waals surface area contributed by atoms with Gasteiger partial charge in [-0.1, -0.05) is 51.3 Å². The first-order valence-corrected chi connectivity index (χ1v) is 12.0. The molecule has 34 heavy (non-hydrogen) atoms. The molecule has 0 unspecified atom stereocenters. The first-order chi connectivity index (χ1) is 16.4. The van der Waals surface area contributed by atoms with E-state index in [0.29, 0.717) is 5.56 Å². The molecule has 0 spiro atoms. The monoisotopic (exact) mass is 462 g/mol. The first-order valence-electron chi connectivity index (χ1n) is 12.0. The number of fused-ring (bicyclic) bond motifs is 1. The van der Waals surface area contributed by atoms with Crippen LogP contribution in [0.5, 0.6) is 0 Å². The van der Waals surface area contributed by atoms with Crippen molar-refractivity contribution in [3.05, 3.63) is 64.2 Å². The fourth-order valence-corrected chi connectivity index (χ4v) is 4.85. The van der Waals surface area contributed by atoms with Crippen LogP contribution < -0.4 is 5.32 Å². The third kappa shape index (κ3) is 4.60. The number of anilines is 1. The van der Waals surface area contributed by atoms with Gasteiger partial charge < -0.3 is 10.1 Å². The highest BCUT2D eigenvalue weighted by molar-refractivity contribution is 6.22. The van der Waals surface area contributed by atoms with Crippen molar-refractivity contribution in [1.82, 2.24) is 4.90 Å². The number of ether oxygens (including phenoxy) is 1. The second-order valence-electron chi connectivity index (χ2n) is 8.82. The molecule has 7 heteroatoms. The average molecular weight is 463 g/mol. The summed E-state index contributed by atoms with van der Waals surface area (Å²) in [6, 6.07) is 10.2. The molecule has 1 N–H and O–H groups in total. The minimum absolute atomic E-state index is 0.0840. The topological polar surface area (TPSA) is 92.8 Å². The molecule has 1 fully saturated rings. The quantitative estimate of drug-likeness (QED) is 0.482. The van der Waals surface area contributed by atoms with Gasteiger partial charge in [0.1, 0.15) is 0 Å². The number of esters is 1. The summed E-state index contributed by atoms with van der Waals surface area (Å²) in [7, 11) is 0. The number of carbonyl (C=O) groups is 4. The first kappa shape index (κ1) is 23.7. The molecule has 0 bridgehead atoms. The summed E-state index contributed by atoms with van der Waals surface area (Å²) in [6.45, 7) is 3.58. The molecular formula is C27H30N2O5. The van der Waals surface area contributed by atoms with Crippen LogP contribution >= 0.6 is 0 Å². The van der Waals surface area contributed by atoms with Gasteiger partial charge in [0, 0.05) is 11.7 Å². The highest BCUT2D eigenvalue weighted by Crippen LogP contribution is 2.31. The molecule has 0 atom stereocenters. The van der Waals surface area contributed by atoms with Gasteiger partial charge >= 0.3 is 5.97 Å². The molecule has 7 nitrogen and oxygen atoms in total. The number of nitrogens with one attached hydrogen (secondary N) is 1. The van der Waals surface area contributed by atoms with Gasteiger partial charge in [-0.2, -0.15) is 0 Å². The maximum Gasteiger partial charge on any atom is 0.338 e. The lowest BCUT2D eigenvalue weighted by atomic mass is 9.94. The van der Waals surface area contributed by atoms with Crippen LogP contribution in [0.3, 0.4) is 0 Å². The summed E-state index contributed by atoms with van der Waals surface area (Å²) in [4.78, 5) is 52.2. The second-order valence-corrected chi connectivity index (χ2v) is 8.82. The predicted octanol–water partition coefficient (Wildman–Crippen LogP) is 4.54. The zero-order valence-electron chi connectivity index (χ0n) is 19.7. The molecule has 1 aliphatic carbocycles. The van der Waals surface area contributed by atoms with Crippen LogP contribution in [0.25, 0.3) is 0 Å². The van der Waals surface area contributed by atoms with E-state index in [0.717, 1.165) is 61.8 Å². The zero-order chi connectivity index (χ0) is 24.2. The Balaban J connectivity index is 1.42. The maximum atomic E-state index is 13.0. The number of rotatable bonds is 7. The fraction of sp³-hybridized carbons (Fsp3) is 0.407. The van der Waals surface area contributed by atoms with E-state index >= 15 is 0 Å². The molecule has 3 amide bonds. The lowest BCUT2D eigenvalue weighted by molar-refractivity contribution is -0.119. The minimum atomic E-state index is -0.714. The van der Waals surface area contributed by atoms with E-state index in [1.807, 2.05) is 32.0 Å². The SMILES string of the molecule is CCc1cccc(CC)c1NC(=O)COC(=O)c1ccc2c(c1)C(=O)N(C1CCCCC1)C2=O. The van der Waals surface area contributed by atoms with Crippen molar-refractivity contribution in [3.63, 3.8) is 0 Å². The van der Waals surface area contributed by atoms with Gasteiger partial charge in [-0.05, 0) is 55.0 Å². The van der Waals surface area contributed by atoms with Crippen molar-refractivity contribution >= 4 is 29.4 Å². The number of carbonyl (C=O) groups excluding carboxylic acids is 4. The van der Waals surface area contributed by atoms with Gasteiger partial charge in [0.2, 0.25) is 0 Å². The van der Waals surface area contributed by atoms with Crippen molar-refractivity contribution in [2.75, 3.05) is 11.9 Å². The molecule has 1 aliphatic heterocycles. The van der Waals surface area contributed by atoms with Gasteiger partial charge in [0.25, 0.3) is 17.7 Å². The van der Waals surface area contributed by atoms with Crippen LogP contribution in [0.15, 0.2) is 36.4 Å². The number of benzene rings is 2. The average Bonchev–Trinajstić information content (AvgIpc) is 3.12. The fourth-order valence-electron chi connectivity index (χ4n) is 4.85. The van der Waals surface area contributed by atoms with Crippen molar-refractivity contribution < 1.29 is 23.9 Å². The van der Waals surface area contributed by atoms with E-state index in [1.165, 1.54) is 23.1 Å². The number of nitrogens with zero attached hydrogens (tertiary/aromatic N) is 1. The highest BCUT2D eigenvalue weighted by atomic mass is 16.5. The van der Waals surface area contributed by atoms with Crippen molar-refractivity contribution in [1.29, 1.82) is 0 Å². The number of aryl methyl sites for hydroxylation is 2. The molecule has 4 rings (SSSR count). The van der Waals surface area contributed by atoms with Gasteiger partial charge in [0.15, 0.2) is 6.61 Å². The van der Waals surface area contributed by atoms with E-state index in [1.54, 1.807) is 0 Å². The number of imide groups is 1. The summed E-state index contributed by atoms with van der Waals surface area (Å²) in [5.74, 6) is -1.80. The maximum absolute atomic E-state index is 13.0. The van der Waals surface area contributed by atoms with Crippen LogP contribution in [0, 0.1) is 0 Å². The molecule has 2 aromatic carbocycles. The number of hydrogen-bond donors (Lipinski definition) is 1. The largest absolute Gasteiger partial charge is 0.452 e. The third-order valence-corrected chi connectivity index (χ3v) is 6.69. The van der Waals surface area contributed by atoms with Crippen molar-refractivity contribution in [2.45, 2.75) is 64.8 Å². The molecule has 178 valence electrons. The predicted molar refractivity (Wildman–Crippen MR) is 128 cm³/mol. The van der Waals surface area contributed by atoms with Crippen molar-refractivity contribution in [2.24, 2.45) is 0 Å². The third-order valence-electron chi connectivity index (χ3n) is 6.69. The molecule has 2 aromatic rings. The van der Waals surface area contributed by atoms with Crippen LogP contribution in [0.4, 0.5) is 5.69 Å². The van der Waals surface area contributed by atoms with Crippen LogP contribution in [-0.4, -0.2) is 41.2 Å². The Kier molecular flexibility index (Phi) is 7.10. The van der Waals surface area contributed by atoms with Crippen LogP contribution in [0.2, 0.25) is 0 Å². The van der Waals surface area contributed by atoms with E-state index < -0.39 is 18.5 Å². The number of para-hydroxylation sites is 1. The molecule has 0 aromatic heterocycles. The highest BCUT2D eigenvalue weighted by Gasteiger charge is 2.40. The molecule has 0 radical (unpaired) electrons. The smallest absolute Gasteiger partial charge is 0.338 e. The van der Waals surface area contributed by atoms with Crippen LogP contribution in [0.1, 0.15) is 88.2 Å². The van der Waals surface area contributed by atoms with E-state index in [-0.39, 0.29) is 29.0 Å². The van der Waals surface area contributed by atoms with Gasteiger partial charge in [0.05, 0.1) is 16.7 Å². The van der Waals surface area contributed by atoms with E-state index in [4.69, 9.17) is 4.74 Å². The van der Waals surface area contributed by atoms with Gasteiger partial charge in [-0.25, -0.2) is 4.79 Å². The second kappa shape index (κ2) is 10.2. The van der Waals surface area contributed by atoms with Crippen molar-refractivity contribution in [3.8, 4) is 0 Å². The summed E-state index contributed by atoms with van der Waals surface area (Å²) < 4.78 is 5.21. The Bertz CT molecular complexity index is 1110. The van der Waals surface area contributed by atoms with Crippen LogP contribution in [-0.2, 0) is 22.4 Å². The number of amides is 3. The van der Waals surface area contributed by atoms with E-state index in [2.05, 4.69) is 5.32 Å². The summed E-state index contributed by atoms with van der Waals surface area (Å²) in [6.07, 6.45) is 6.28. The van der Waals surface area contributed by atoms with Gasteiger partial charge in [-0.15, -0.1) is 0 Å². The normalized spacial score (nSPS) is 15.9. The lowest BCUT2D eigenvalue weighted by Crippen LogP contribution is -2.40. The number of hydrogen-bond acceptors (Lipinski definition) is 5. The standard InChI is InChI=1S/C27H30N2O5/c1-3-17-9-8-10-18(4-2)24(17)28-23(30)16-34-27(33)19-13-14-21-22(15-19)26(32)29(25(21)31)20-11-6-5-7-12-20/h8-10,13-15,20H,3-7,11-12,16H2,1-2H3,(H,28,30). The Morgan fingerprint density at radius 3 is 2.24 bits per heavy atom. The Labute approximate surface area is 199 Å².